The Morgan fingerprint density at radius 3 is 2.42 bits per heavy atom. The number of nitrogens with two attached hydrogens (primary N) is 1. The van der Waals surface area contributed by atoms with Crippen molar-refractivity contribution in [1.29, 1.82) is 0 Å². The van der Waals surface area contributed by atoms with Crippen molar-refractivity contribution in [2.75, 3.05) is 18.9 Å². The molecule has 2 aromatic carbocycles. The van der Waals surface area contributed by atoms with E-state index in [1.165, 1.54) is 12.1 Å². The topological polar surface area (TPSA) is 35.2 Å². The summed E-state index contributed by atoms with van der Waals surface area (Å²) >= 11 is 0. The van der Waals surface area contributed by atoms with Gasteiger partial charge in [-0.1, -0.05) is 18.2 Å². The van der Waals surface area contributed by atoms with Crippen LogP contribution in [0.25, 0.3) is 0 Å². The molecular weight excluding hydrogens is 248 g/mol. The first-order valence-corrected chi connectivity index (χ1v) is 6.01. The molecule has 0 bridgehead atoms. The highest BCUT2D eigenvalue weighted by atomic mass is 19.1. The van der Waals surface area contributed by atoms with E-state index in [-0.39, 0.29) is 0 Å². The highest BCUT2D eigenvalue weighted by molar-refractivity contribution is 5.49. The smallest absolute Gasteiger partial charge is 0.130 e. The molecule has 3 rings (SSSR count). The first kappa shape index (κ1) is 12.1. The molecule has 2 N–H and O–H groups in total. The number of hydrogen-bond acceptors (Lipinski definition) is 2. The zero-order chi connectivity index (χ0) is 13.5. The predicted octanol–water partition coefficient (Wildman–Crippen LogP) is 2.86. The van der Waals surface area contributed by atoms with Crippen LogP contribution < -0.4 is 5.73 Å². The van der Waals surface area contributed by atoms with Gasteiger partial charge in [0.25, 0.3) is 0 Å². The van der Waals surface area contributed by atoms with Gasteiger partial charge in [0.05, 0.1) is 18.6 Å². The lowest BCUT2D eigenvalue weighted by molar-refractivity contribution is -0.0395. The fourth-order valence-electron chi connectivity index (χ4n) is 2.50. The van der Waals surface area contributed by atoms with E-state index in [1.807, 2.05) is 18.2 Å². The van der Waals surface area contributed by atoms with Crippen LogP contribution in [-0.2, 0) is 10.2 Å². The van der Waals surface area contributed by atoms with E-state index >= 15 is 0 Å². The number of hydrogen-bond donors (Lipinski definition) is 1. The van der Waals surface area contributed by atoms with Crippen LogP contribution in [0.4, 0.5) is 14.5 Å². The second kappa shape index (κ2) is 4.31. The molecule has 1 heterocycles. The van der Waals surface area contributed by atoms with E-state index in [9.17, 15) is 8.78 Å². The van der Waals surface area contributed by atoms with Crippen LogP contribution in [0.15, 0.2) is 42.5 Å². The Hall–Kier alpha value is -1.94. The van der Waals surface area contributed by atoms with Gasteiger partial charge in [-0.05, 0) is 23.8 Å². The largest absolute Gasteiger partial charge is 0.399 e. The number of benzene rings is 2. The summed E-state index contributed by atoms with van der Waals surface area (Å²) in [6, 6.07) is 11.0. The van der Waals surface area contributed by atoms with Gasteiger partial charge in [-0.3, -0.25) is 0 Å². The molecule has 0 aromatic heterocycles. The molecule has 4 heteroatoms. The fraction of sp³-hybridized carbons (Fsp3) is 0.200. The van der Waals surface area contributed by atoms with E-state index in [2.05, 4.69) is 0 Å². The Balaban J connectivity index is 2.13. The SMILES string of the molecule is Nc1cccc(C2(c3ccc(F)cc3F)COC2)c1. The number of ether oxygens (including phenoxy) is 1. The average Bonchev–Trinajstić information content (AvgIpc) is 2.30. The maximum Gasteiger partial charge on any atom is 0.130 e. The zero-order valence-corrected chi connectivity index (χ0v) is 10.2. The molecule has 0 radical (unpaired) electrons. The third kappa shape index (κ3) is 1.88. The highest BCUT2D eigenvalue weighted by Gasteiger charge is 2.44. The molecule has 0 amide bonds. The maximum atomic E-state index is 14.0. The minimum absolute atomic E-state index is 0.374. The van der Waals surface area contributed by atoms with E-state index in [0.717, 1.165) is 11.6 Å². The van der Waals surface area contributed by atoms with Crippen molar-refractivity contribution in [3.8, 4) is 0 Å². The maximum absolute atomic E-state index is 14.0. The van der Waals surface area contributed by atoms with Crippen molar-refractivity contribution < 1.29 is 13.5 Å². The van der Waals surface area contributed by atoms with Crippen molar-refractivity contribution >= 4 is 5.69 Å². The molecular formula is C15H13F2NO. The molecule has 0 unspecified atom stereocenters. The molecule has 1 fully saturated rings. The Morgan fingerprint density at radius 2 is 1.84 bits per heavy atom. The summed E-state index contributed by atoms with van der Waals surface area (Å²) in [5, 5.41) is 0. The summed E-state index contributed by atoms with van der Waals surface area (Å²) in [7, 11) is 0. The minimum Gasteiger partial charge on any atom is -0.399 e. The van der Waals surface area contributed by atoms with Gasteiger partial charge in [0.2, 0.25) is 0 Å². The van der Waals surface area contributed by atoms with Crippen LogP contribution in [0.3, 0.4) is 0 Å². The van der Waals surface area contributed by atoms with Crippen LogP contribution in [0.1, 0.15) is 11.1 Å². The van der Waals surface area contributed by atoms with Crippen molar-refractivity contribution in [2.24, 2.45) is 0 Å². The monoisotopic (exact) mass is 261 g/mol. The first-order valence-electron chi connectivity index (χ1n) is 6.01. The second-order valence-electron chi connectivity index (χ2n) is 4.82. The molecule has 2 aromatic rings. The lowest BCUT2D eigenvalue weighted by atomic mass is 9.72. The van der Waals surface area contributed by atoms with Gasteiger partial charge in [0.15, 0.2) is 0 Å². The first-order chi connectivity index (χ1) is 9.12. The zero-order valence-electron chi connectivity index (χ0n) is 10.2. The molecule has 2 nitrogen and oxygen atoms in total. The Bertz CT molecular complexity index is 623. The Morgan fingerprint density at radius 1 is 1.05 bits per heavy atom. The quantitative estimate of drug-likeness (QED) is 0.844. The summed E-state index contributed by atoms with van der Waals surface area (Å²) in [6.45, 7) is 0.748. The van der Waals surface area contributed by atoms with Crippen LogP contribution in [0.2, 0.25) is 0 Å². The van der Waals surface area contributed by atoms with Crippen LogP contribution in [0, 0.1) is 11.6 Å². The van der Waals surface area contributed by atoms with Gasteiger partial charge >= 0.3 is 0 Å². The third-order valence-electron chi connectivity index (χ3n) is 3.58. The highest BCUT2D eigenvalue weighted by Crippen LogP contribution is 2.40. The molecule has 19 heavy (non-hydrogen) atoms. The summed E-state index contributed by atoms with van der Waals surface area (Å²) in [6.07, 6.45) is 0. The van der Waals surface area contributed by atoms with Crippen molar-refractivity contribution in [1.82, 2.24) is 0 Å². The van der Waals surface area contributed by atoms with Gasteiger partial charge in [0, 0.05) is 17.3 Å². The molecule has 0 atom stereocenters. The fourth-order valence-corrected chi connectivity index (χ4v) is 2.50. The lowest BCUT2D eigenvalue weighted by Crippen LogP contribution is -2.48. The van der Waals surface area contributed by atoms with Crippen LogP contribution in [-0.4, -0.2) is 13.2 Å². The molecule has 1 saturated heterocycles. The molecule has 0 aliphatic carbocycles. The second-order valence-corrected chi connectivity index (χ2v) is 4.82. The number of nitrogen functional groups attached to an aromatic ring is 1. The molecule has 0 spiro atoms. The molecule has 98 valence electrons. The Labute approximate surface area is 109 Å². The summed E-state index contributed by atoms with van der Waals surface area (Å²) < 4.78 is 32.3. The van der Waals surface area contributed by atoms with E-state index in [1.54, 1.807) is 6.07 Å². The average molecular weight is 261 g/mol. The van der Waals surface area contributed by atoms with Crippen molar-refractivity contribution in [3.05, 3.63) is 65.2 Å². The normalized spacial score (nSPS) is 16.9. The van der Waals surface area contributed by atoms with Crippen LogP contribution in [0.5, 0.6) is 0 Å². The van der Waals surface area contributed by atoms with E-state index in [0.29, 0.717) is 24.5 Å². The molecule has 1 aliphatic rings. The van der Waals surface area contributed by atoms with Crippen molar-refractivity contribution in [2.45, 2.75) is 5.41 Å². The van der Waals surface area contributed by atoms with E-state index in [4.69, 9.17) is 10.5 Å². The summed E-state index contributed by atoms with van der Waals surface area (Å²) in [5.74, 6) is -1.13. The van der Waals surface area contributed by atoms with Gasteiger partial charge in [0.1, 0.15) is 11.6 Å². The van der Waals surface area contributed by atoms with Gasteiger partial charge < -0.3 is 10.5 Å². The van der Waals surface area contributed by atoms with Crippen LogP contribution >= 0.6 is 0 Å². The molecule has 1 aliphatic heterocycles. The standard InChI is InChI=1S/C15H13F2NO/c16-11-4-5-13(14(17)7-11)15(8-19-9-15)10-2-1-3-12(18)6-10/h1-7H,8-9,18H2. The number of rotatable bonds is 2. The van der Waals surface area contributed by atoms with E-state index < -0.39 is 17.0 Å². The summed E-state index contributed by atoms with van der Waals surface area (Å²) in [4.78, 5) is 0. The summed E-state index contributed by atoms with van der Waals surface area (Å²) in [5.41, 5.74) is 7.18. The number of anilines is 1. The van der Waals surface area contributed by atoms with Crippen molar-refractivity contribution in [3.63, 3.8) is 0 Å². The third-order valence-corrected chi connectivity index (χ3v) is 3.58. The van der Waals surface area contributed by atoms with Gasteiger partial charge in [-0.15, -0.1) is 0 Å². The number of halogens is 2. The molecule has 0 saturated carbocycles. The Kier molecular flexibility index (Phi) is 2.75. The lowest BCUT2D eigenvalue weighted by Gasteiger charge is -2.42. The minimum atomic E-state index is -0.579. The van der Waals surface area contributed by atoms with Gasteiger partial charge in [-0.2, -0.15) is 0 Å². The van der Waals surface area contributed by atoms with Gasteiger partial charge in [-0.25, -0.2) is 8.78 Å². The predicted molar refractivity (Wildman–Crippen MR) is 68.8 cm³/mol.